The molecule has 0 aliphatic rings. The van der Waals surface area contributed by atoms with Crippen molar-refractivity contribution in [1.29, 1.82) is 0 Å². The summed E-state index contributed by atoms with van der Waals surface area (Å²) >= 11 is 5.77. The van der Waals surface area contributed by atoms with E-state index in [1.807, 2.05) is 13.8 Å². The number of pyridine rings is 1. The summed E-state index contributed by atoms with van der Waals surface area (Å²) in [7, 11) is 0. The third-order valence-corrected chi connectivity index (χ3v) is 3.33. The van der Waals surface area contributed by atoms with Gasteiger partial charge in [0.25, 0.3) is 11.6 Å². The SMILES string of the molecule is CCCCN(CCCC)C(=O)c1cc(Cl)ncc1[N+](=O)[O-]. The molecule has 0 unspecified atom stereocenters. The second-order valence-electron chi connectivity index (χ2n) is 4.78. The van der Waals surface area contributed by atoms with Crippen LogP contribution in [0.2, 0.25) is 5.15 Å². The lowest BCUT2D eigenvalue weighted by atomic mass is 10.1. The Balaban J connectivity index is 3.06. The Labute approximate surface area is 129 Å². The first kappa shape index (κ1) is 17.4. The number of nitrogens with zero attached hydrogens (tertiary/aromatic N) is 3. The summed E-state index contributed by atoms with van der Waals surface area (Å²) in [6.45, 7) is 5.25. The van der Waals surface area contributed by atoms with Crippen LogP contribution in [0.3, 0.4) is 0 Å². The van der Waals surface area contributed by atoms with Gasteiger partial charge in [0.05, 0.1) is 4.92 Å². The van der Waals surface area contributed by atoms with Crippen molar-refractivity contribution in [1.82, 2.24) is 9.88 Å². The predicted octanol–water partition coefficient (Wildman–Crippen LogP) is 3.69. The Morgan fingerprint density at radius 3 is 2.38 bits per heavy atom. The molecule has 0 aliphatic carbocycles. The summed E-state index contributed by atoms with van der Waals surface area (Å²) in [6, 6.07) is 1.27. The average Bonchev–Trinajstić information content (AvgIpc) is 2.46. The Bertz CT molecular complexity index is 500. The monoisotopic (exact) mass is 313 g/mol. The maximum absolute atomic E-state index is 12.6. The van der Waals surface area contributed by atoms with E-state index in [0.29, 0.717) is 13.1 Å². The number of hydrogen-bond acceptors (Lipinski definition) is 4. The minimum atomic E-state index is -0.603. The maximum Gasteiger partial charge on any atom is 0.300 e. The molecule has 0 saturated carbocycles. The van der Waals surface area contributed by atoms with Crippen LogP contribution in [0.15, 0.2) is 12.3 Å². The molecule has 6 nitrogen and oxygen atoms in total. The lowest BCUT2D eigenvalue weighted by Gasteiger charge is -2.22. The number of hydrogen-bond donors (Lipinski definition) is 0. The molecule has 7 heteroatoms. The van der Waals surface area contributed by atoms with Crippen LogP contribution in [0.1, 0.15) is 49.9 Å². The zero-order valence-corrected chi connectivity index (χ0v) is 13.1. The average molecular weight is 314 g/mol. The van der Waals surface area contributed by atoms with Gasteiger partial charge in [0.15, 0.2) is 0 Å². The minimum Gasteiger partial charge on any atom is -0.338 e. The minimum absolute atomic E-state index is 0.00667. The van der Waals surface area contributed by atoms with Crippen molar-refractivity contribution < 1.29 is 9.72 Å². The molecule has 0 atom stereocenters. The Morgan fingerprint density at radius 2 is 1.90 bits per heavy atom. The molecule has 1 rings (SSSR count). The molecular weight excluding hydrogens is 294 g/mol. The molecule has 0 spiro atoms. The highest BCUT2D eigenvalue weighted by Gasteiger charge is 2.25. The van der Waals surface area contributed by atoms with E-state index < -0.39 is 4.92 Å². The third-order valence-electron chi connectivity index (χ3n) is 3.13. The zero-order valence-electron chi connectivity index (χ0n) is 12.3. The highest BCUT2D eigenvalue weighted by atomic mass is 35.5. The van der Waals surface area contributed by atoms with Crippen LogP contribution in [0.5, 0.6) is 0 Å². The van der Waals surface area contributed by atoms with Crippen molar-refractivity contribution >= 4 is 23.2 Å². The molecule has 1 amide bonds. The molecule has 0 fully saturated rings. The number of amides is 1. The summed E-state index contributed by atoms with van der Waals surface area (Å²) in [5, 5.41) is 11.1. The molecule has 21 heavy (non-hydrogen) atoms. The highest BCUT2D eigenvalue weighted by Crippen LogP contribution is 2.22. The standard InChI is InChI=1S/C14H20ClN3O3/c1-3-5-7-17(8-6-4-2)14(19)11-9-13(15)16-10-12(11)18(20)21/h9-10H,3-8H2,1-2H3. The number of nitro groups is 1. The predicted molar refractivity (Wildman–Crippen MR) is 81.6 cm³/mol. The summed E-state index contributed by atoms with van der Waals surface area (Å²) in [4.78, 5) is 28.3. The molecule has 0 radical (unpaired) electrons. The van der Waals surface area contributed by atoms with Crippen LogP contribution in [-0.4, -0.2) is 33.8 Å². The normalized spacial score (nSPS) is 10.4. The molecule has 1 aromatic heterocycles. The number of aromatic nitrogens is 1. The van der Waals surface area contributed by atoms with Gasteiger partial charge in [0, 0.05) is 13.1 Å². The molecular formula is C14H20ClN3O3. The summed E-state index contributed by atoms with van der Waals surface area (Å²) in [5.41, 5.74) is -0.297. The number of halogens is 1. The fourth-order valence-corrected chi connectivity index (χ4v) is 2.08. The molecule has 1 aromatic rings. The van der Waals surface area contributed by atoms with Crippen molar-refractivity contribution in [3.63, 3.8) is 0 Å². The molecule has 0 aliphatic heterocycles. The van der Waals surface area contributed by atoms with E-state index in [2.05, 4.69) is 4.98 Å². The van der Waals surface area contributed by atoms with E-state index in [4.69, 9.17) is 11.6 Å². The fraction of sp³-hybridized carbons (Fsp3) is 0.571. The number of carbonyl (C=O) groups excluding carboxylic acids is 1. The first-order valence-corrected chi connectivity index (χ1v) is 7.48. The Hall–Kier alpha value is -1.69. The second kappa shape index (κ2) is 8.56. The molecule has 0 aromatic carbocycles. The van der Waals surface area contributed by atoms with Crippen molar-refractivity contribution in [2.24, 2.45) is 0 Å². The van der Waals surface area contributed by atoms with E-state index >= 15 is 0 Å². The van der Waals surface area contributed by atoms with Gasteiger partial charge in [-0.3, -0.25) is 14.9 Å². The number of rotatable bonds is 8. The van der Waals surface area contributed by atoms with Gasteiger partial charge in [-0.2, -0.15) is 0 Å². The largest absolute Gasteiger partial charge is 0.338 e. The number of carbonyl (C=O) groups is 1. The second-order valence-corrected chi connectivity index (χ2v) is 5.17. The van der Waals surface area contributed by atoms with Gasteiger partial charge in [-0.05, 0) is 18.9 Å². The smallest absolute Gasteiger partial charge is 0.300 e. The van der Waals surface area contributed by atoms with Crippen molar-refractivity contribution in [2.45, 2.75) is 39.5 Å². The van der Waals surface area contributed by atoms with Crippen LogP contribution in [0.25, 0.3) is 0 Å². The Morgan fingerprint density at radius 1 is 1.33 bits per heavy atom. The van der Waals surface area contributed by atoms with E-state index in [1.165, 1.54) is 6.07 Å². The topological polar surface area (TPSA) is 76.3 Å². The van der Waals surface area contributed by atoms with Crippen LogP contribution in [0, 0.1) is 10.1 Å². The van der Waals surface area contributed by atoms with Crippen LogP contribution in [0.4, 0.5) is 5.69 Å². The number of unbranched alkanes of at least 4 members (excludes halogenated alkanes) is 2. The van der Waals surface area contributed by atoms with E-state index in [9.17, 15) is 14.9 Å². The molecule has 1 heterocycles. The van der Waals surface area contributed by atoms with Gasteiger partial charge in [-0.1, -0.05) is 38.3 Å². The fourth-order valence-electron chi connectivity index (χ4n) is 1.92. The molecule has 0 saturated heterocycles. The van der Waals surface area contributed by atoms with Gasteiger partial charge in [-0.15, -0.1) is 0 Å². The lowest BCUT2D eigenvalue weighted by Crippen LogP contribution is -2.33. The Kier molecular flexibility index (Phi) is 7.08. The van der Waals surface area contributed by atoms with Crippen LogP contribution >= 0.6 is 11.6 Å². The van der Waals surface area contributed by atoms with Crippen LogP contribution in [-0.2, 0) is 0 Å². The van der Waals surface area contributed by atoms with Gasteiger partial charge in [0.1, 0.15) is 16.9 Å². The molecule has 116 valence electrons. The van der Waals surface area contributed by atoms with E-state index in [0.717, 1.165) is 31.9 Å². The quantitative estimate of drug-likeness (QED) is 0.416. The van der Waals surface area contributed by atoms with Crippen molar-refractivity contribution in [2.75, 3.05) is 13.1 Å². The maximum atomic E-state index is 12.6. The van der Waals surface area contributed by atoms with E-state index in [-0.39, 0.29) is 22.3 Å². The van der Waals surface area contributed by atoms with Crippen molar-refractivity contribution in [3.05, 3.63) is 33.1 Å². The van der Waals surface area contributed by atoms with Gasteiger partial charge >= 0.3 is 0 Å². The van der Waals surface area contributed by atoms with Crippen LogP contribution < -0.4 is 0 Å². The summed E-state index contributed by atoms with van der Waals surface area (Å²) in [6.07, 6.45) is 4.67. The van der Waals surface area contributed by atoms with Crippen molar-refractivity contribution in [3.8, 4) is 0 Å². The lowest BCUT2D eigenvalue weighted by molar-refractivity contribution is -0.385. The molecule has 0 bridgehead atoms. The summed E-state index contributed by atoms with van der Waals surface area (Å²) < 4.78 is 0. The van der Waals surface area contributed by atoms with E-state index in [1.54, 1.807) is 4.90 Å². The van der Waals surface area contributed by atoms with Gasteiger partial charge < -0.3 is 4.90 Å². The van der Waals surface area contributed by atoms with Gasteiger partial charge in [-0.25, -0.2) is 4.98 Å². The highest BCUT2D eigenvalue weighted by molar-refractivity contribution is 6.29. The molecule has 0 N–H and O–H groups in total. The van der Waals surface area contributed by atoms with Gasteiger partial charge in [0.2, 0.25) is 0 Å². The zero-order chi connectivity index (χ0) is 15.8. The third kappa shape index (κ3) is 4.97. The summed E-state index contributed by atoms with van der Waals surface area (Å²) in [5.74, 6) is -0.354. The first-order valence-electron chi connectivity index (χ1n) is 7.10. The first-order chi connectivity index (χ1) is 10.0.